The zero-order valence-corrected chi connectivity index (χ0v) is 13.7. The minimum absolute atomic E-state index is 0.103. The summed E-state index contributed by atoms with van der Waals surface area (Å²) in [4.78, 5) is 24.9. The van der Waals surface area contributed by atoms with E-state index >= 15 is 0 Å². The van der Waals surface area contributed by atoms with Crippen LogP contribution in [0.2, 0.25) is 5.02 Å². The Morgan fingerprint density at radius 2 is 1.88 bits per heavy atom. The minimum Gasteiger partial charge on any atom is -0.497 e. The number of H-pyrrole nitrogens is 1. The Morgan fingerprint density at radius 3 is 2.54 bits per heavy atom. The first-order valence-electron chi connectivity index (χ1n) is 7.31. The van der Waals surface area contributed by atoms with Gasteiger partial charge in [0.1, 0.15) is 11.3 Å². The second-order valence-electron chi connectivity index (χ2n) is 5.23. The summed E-state index contributed by atoms with van der Waals surface area (Å²) < 4.78 is 6.35. The lowest BCUT2D eigenvalue weighted by Gasteiger charge is -2.03. The highest BCUT2D eigenvalue weighted by Gasteiger charge is 2.16. The fourth-order valence-electron chi connectivity index (χ4n) is 2.41. The highest BCUT2D eigenvalue weighted by Crippen LogP contribution is 2.18. The van der Waals surface area contributed by atoms with Crippen LogP contribution in [0.25, 0.3) is 5.69 Å². The van der Waals surface area contributed by atoms with Crippen LogP contribution in [0.4, 0.5) is 0 Å². The molecule has 0 saturated heterocycles. The fraction of sp³-hybridized carbons (Fsp3) is 0.111. The van der Waals surface area contributed by atoms with Crippen LogP contribution in [0.15, 0.2) is 59.5 Å². The van der Waals surface area contributed by atoms with E-state index < -0.39 is 5.56 Å². The minimum atomic E-state index is -0.415. The summed E-state index contributed by atoms with van der Waals surface area (Å²) in [5.74, 6) is 0.459. The van der Waals surface area contributed by atoms with E-state index in [0.717, 1.165) is 5.56 Å². The number of nitrogens with zero attached hydrogens (tertiary/aromatic N) is 1. The van der Waals surface area contributed by atoms with Crippen LogP contribution in [-0.2, 0) is 6.42 Å². The van der Waals surface area contributed by atoms with Gasteiger partial charge in [-0.2, -0.15) is 0 Å². The summed E-state index contributed by atoms with van der Waals surface area (Å²) in [5.41, 5.74) is 1.01. The number of carbonyl (C=O) groups is 1. The van der Waals surface area contributed by atoms with Crippen LogP contribution in [-0.4, -0.2) is 22.7 Å². The van der Waals surface area contributed by atoms with Crippen molar-refractivity contribution in [3.8, 4) is 11.4 Å². The molecule has 0 spiro atoms. The summed E-state index contributed by atoms with van der Waals surface area (Å²) in [5, 5.41) is 3.22. The number of benzene rings is 2. The number of hydrogen-bond acceptors (Lipinski definition) is 3. The number of carbonyl (C=O) groups excluding carboxylic acids is 1. The molecule has 0 aliphatic heterocycles. The normalized spacial score (nSPS) is 10.6. The van der Waals surface area contributed by atoms with E-state index in [2.05, 4.69) is 5.10 Å². The quantitative estimate of drug-likeness (QED) is 0.724. The molecule has 1 N–H and O–H groups in total. The summed E-state index contributed by atoms with van der Waals surface area (Å²) in [6.45, 7) is 0. The third-order valence-corrected chi connectivity index (χ3v) is 4.01. The molecular formula is C18H15ClN2O3. The maximum atomic E-state index is 12.5. The van der Waals surface area contributed by atoms with Gasteiger partial charge in [-0.15, -0.1) is 0 Å². The zero-order valence-electron chi connectivity index (χ0n) is 13.0. The molecule has 1 aromatic heterocycles. The number of rotatable bonds is 5. The Labute approximate surface area is 143 Å². The van der Waals surface area contributed by atoms with Gasteiger partial charge in [0.2, 0.25) is 0 Å². The molecule has 0 atom stereocenters. The van der Waals surface area contributed by atoms with Crippen molar-refractivity contribution in [2.45, 2.75) is 6.42 Å². The molecule has 3 aromatic rings. The molecule has 0 bridgehead atoms. The standard InChI is InChI=1S/C18H15ClN2O3/c1-24-13-8-6-12(7-9-13)10-17(22)14-11-20-21(18(14)23)16-5-3-2-4-15(16)19/h2-9,11,20H,10H2,1H3. The van der Waals surface area contributed by atoms with Crippen molar-refractivity contribution in [3.05, 3.63) is 81.2 Å². The number of aromatic amines is 1. The monoisotopic (exact) mass is 342 g/mol. The smallest absolute Gasteiger partial charge is 0.282 e. The third kappa shape index (κ3) is 3.12. The largest absolute Gasteiger partial charge is 0.497 e. The van der Waals surface area contributed by atoms with Gasteiger partial charge >= 0.3 is 0 Å². The van der Waals surface area contributed by atoms with Crippen LogP contribution in [0.3, 0.4) is 0 Å². The molecule has 0 amide bonds. The van der Waals surface area contributed by atoms with Crippen LogP contribution in [0, 0.1) is 0 Å². The number of para-hydroxylation sites is 1. The van der Waals surface area contributed by atoms with Crippen molar-refractivity contribution in [2.75, 3.05) is 7.11 Å². The second-order valence-corrected chi connectivity index (χ2v) is 5.63. The van der Waals surface area contributed by atoms with Crippen LogP contribution >= 0.6 is 11.6 Å². The number of ether oxygens (including phenoxy) is 1. The Morgan fingerprint density at radius 1 is 1.17 bits per heavy atom. The number of hydrogen-bond donors (Lipinski definition) is 1. The molecule has 1 heterocycles. The van der Waals surface area contributed by atoms with Crippen molar-refractivity contribution >= 4 is 17.4 Å². The lowest BCUT2D eigenvalue weighted by atomic mass is 10.1. The van der Waals surface area contributed by atoms with Gasteiger partial charge in [0, 0.05) is 12.6 Å². The number of Topliss-reactive ketones (excluding diaryl/α,β-unsaturated/α-hetero) is 1. The van der Waals surface area contributed by atoms with Gasteiger partial charge in [0.25, 0.3) is 5.56 Å². The average molecular weight is 343 g/mol. The number of ketones is 1. The molecule has 0 unspecified atom stereocenters. The Hall–Kier alpha value is -2.79. The van der Waals surface area contributed by atoms with Gasteiger partial charge in [-0.1, -0.05) is 35.9 Å². The molecule has 0 aliphatic rings. The lowest BCUT2D eigenvalue weighted by Crippen LogP contribution is -2.21. The summed E-state index contributed by atoms with van der Waals surface area (Å²) in [6, 6.07) is 14.1. The van der Waals surface area contributed by atoms with Crippen LogP contribution in [0.1, 0.15) is 15.9 Å². The predicted octanol–water partition coefficient (Wildman–Crippen LogP) is 3.25. The molecule has 24 heavy (non-hydrogen) atoms. The first kappa shape index (κ1) is 16.1. The molecule has 6 heteroatoms. The van der Waals surface area contributed by atoms with E-state index in [1.165, 1.54) is 10.9 Å². The van der Waals surface area contributed by atoms with Crippen LogP contribution in [0.5, 0.6) is 5.75 Å². The number of halogens is 1. The van der Waals surface area contributed by atoms with E-state index in [1.54, 1.807) is 55.6 Å². The van der Waals surface area contributed by atoms with Crippen LogP contribution < -0.4 is 10.3 Å². The molecule has 122 valence electrons. The van der Waals surface area contributed by atoms with Gasteiger partial charge in [-0.05, 0) is 29.8 Å². The van der Waals surface area contributed by atoms with Gasteiger partial charge in [-0.3, -0.25) is 14.7 Å². The SMILES string of the molecule is COc1ccc(CC(=O)c2c[nH]n(-c3ccccc3Cl)c2=O)cc1. The molecule has 3 rings (SSSR count). The molecule has 0 aliphatic carbocycles. The van der Waals surface area contributed by atoms with E-state index in [-0.39, 0.29) is 17.8 Å². The number of nitrogens with one attached hydrogen (secondary N) is 1. The first-order chi connectivity index (χ1) is 11.6. The molecule has 0 fully saturated rings. The number of methoxy groups -OCH3 is 1. The average Bonchev–Trinajstić information content (AvgIpc) is 2.97. The molecule has 2 aromatic carbocycles. The maximum absolute atomic E-state index is 12.5. The molecular weight excluding hydrogens is 328 g/mol. The Bertz CT molecular complexity index is 926. The van der Waals surface area contributed by atoms with E-state index in [1.807, 2.05) is 0 Å². The highest BCUT2D eigenvalue weighted by molar-refractivity contribution is 6.32. The second kappa shape index (κ2) is 6.76. The molecule has 0 saturated carbocycles. The Balaban J connectivity index is 1.86. The maximum Gasteiger partial charge on any atom is 0.282 e. The summed E-state index contributed by atoms with van der Waals surface area (Å²) in [6.07, 6.45) is 1.55. The third-order valence-electron chi connectivity index (χ3n) is 3.69. The lowest BCUT2D eigenvalue weighted by molar-refractivity contribution is 0.0992. The first-order valence-corrected chi connectivity index (χ1v) is 7.69. The molecule has 0 radical (unpaired) electrons. The predicted molar refractivity (Wildman–Crippen MR) is 92.4 cm³/mol. The fourth-order valence-corrected chi connectivity index (χ4v) is 2.63. The Kier molecular flexibility index (Phi) is 4.53. The summed E-state index contributed by atoms with van der Waals surface area (Å²) >= 11 is 6.10. The van der Waals surface area contributed by atoms with Gasteiger partial charge in [0.05, 0.1) is 17.8 Å². The topological polar surface area (TPSA) is 64.1 Å². The van der Waals surface area contributed by atoms with Crippen molar-refractivity contribution in [1.29, 1.82) is 0 Å². The molecule has 5 nitrogen and oxygen atoms in total. The summed E-state index contributed by atoms with van der Waals surface area (Å²) in [7, 11) is 1.58. The van der Waals surface area contributed by atoms with Crippen molar-refractivity contribution < 1.29 is 9.53 Å². The van der Waals surface area contributed by atoms with Gasteiger partial charge in [0.15, 0.2) is 5.78 Å². The van der Waals surface area contributed by atoms with Gasteiger partial charge in [-0.25, -0.2) is 4.68 Å². The van der Waals surface area contributed by atoms with E-state index in [9.17, 15) is 9.59 Å². The van der Waals surface area contributed by atoms with Crippen molar-refractivity contribution in [3.63, 3.8) is 0 Å². The number of aromatic nitrogens is 2. The van der Waals surface area contributed by atoms with Crippen molar-refractivity contribution in [1.82, 2.24) is 9.78 Å². The highest BCUT2D eigenvalue weighted by atomic mass is 35.5. The van der Waals surface area contributed by atoms with E-state index in [0.29, 0.717) is 16.5 Å². The van der Waals surface area contributed by atoms with Gasteiger partial charge < -0.3 is 4.74 Å². The zero-order chi connectivity index (χ0) is 17.1. The van der Waals surface area contributed by atoms with Crippen molar-refractivity contribution in [2.24, 2.45) is 0 Å². The van der Waals surface area contributed by atoms with E-state index in [4.69, 9.17) is 16.3 Å².